The van der Waals surface area contributed by atoms with E-state index in [1.165, 1.54) is 12.8 Å². The first kappa shape index (κ1) is 13.7. The van der Waals surface area contributed by atoms with Crippen molar-refractivity contribution in [3.05, 3.63) is 0 Å². The fourth-order valence-electron chi connectivity index (χ4n) is 2.93. The molecule has 94 valence electrons. The van der Waals surface area contributed by atoms with Gasteiger partial charge in [-0.05, 0) is 38.5 Å². The van der Waals surface area contributed by atoms with Crippen LogP contribution in [0.15, 0.2) is 0 Å². The Morgan fingerprint density at radius 2 is 1.88 bits per heavy atom. The lowest BCUT2D eigenvalue weighted by atomic mass is 9.80. The van der Waals surface area contributed by atoms with E-state index in [2.05, 4.69) is 32.6 Å². The highest BCUT2D eigenvalue weighted by Crippen LogP contribution is 2.41. The molecule has 1 fully saturated rings. The molecule has 16 heavy (non-hydrogen) atoms. The highest BCUT2D eigenvalue weighted by atomic mass is 16.1. The van der Waals surface area contributed by atoms with Gasteiger partial charge in [-0.1, -0.05) is 20.8 Å². The molecule has 2 nitrogen and oxygen atoms in total. The second-order valence-electron chi connectivity index (χ2n) is 5.51. The van der Waals surface area contributed by atoms with Gasteiger partial charge in [0.25, 0.3) is 0 Å². The Balaban J connectivity index is 2.87. The van der Waals surface area contributed by atoms with E-state index in [0.29, 0.717) is 23.7 Å². The molecule has 1 aliphatic rings. The Labute approximate surface area is 100 Å². The fraction of sp³-hybridized carbons (Fsp3) is 0.929. The third-order valence-electron chi connectivity index (χ3n) is 4.43. The zero-order valence-electron chi connectivity index (χ0n) is 11.5. The maximum atomic E-state index is 12.0. The highest BCUT2D eigenvalue weighted by Gasteiger charge is 2.44. The van der Waals surface area contributed by atoms with Gasteiger partial charge in [-0.3, -0.25) is 9.69 Å². The fourth-order valence-corrected chi connectivity index (χ4v) is 2.93. The molecule has 0 aromatic rings. The predicted molar refractivity (Wildman–Crippen MR) is 68.6 cm³/mol. The van der Waals surface area contributed by atoms with Crippen LogP contribution in [0.2, 0.25) is 0 Å². The van der Waals surface area contributed by atoms with Crippen LogP contribution in [0.4, 0.5) is 0 Å². The van der Waals surface area contributed by atoms with Gasteiger partial charge in [0.15, 0.2) is 0 Å². The normalized spacial score (nSPS) is 25.2. The molecule has 1 aliphatic heterocycles. The van der Waals surface area contributed by atoms with Gasteiger partial charge in [-0.15, -0.1) is 0 Å². The van der Waals surface area contributed by atoms with Crippen LogP contribution in [0, 0.1) is 5.41 Å². The van der Waals surface area contributed by atoms with Crippen LogP contribution >= 0.6 is 0 Å². The van der Waals surface area contributed by atoms with Crippen molar-refractivity contribution in [2.45, 2.75) is 72.4 Å². The second kappa shape index (κ2) is 5.31. The SMILES string of the molecule is CCC(=O)C1CC(CC)(CC)CN1C(C)C. The van der Waals surface area contributed by atoms with Crippen LogP contribution in [-0.4, -0.2) is 29.3 Å². The average Bonchev–Trinajstić information content (AvgIpc) is 2.69. The highest BCUT2D eigenvalue weighted by molar-refractivity contribution is 5.84. The Morgan fingerprint density at radius 1 is 1.31 bits per heavy atom. The summed E-state index contributed by atoms with van der Waals surface area (Å²) in [7, 11) is 0. The summed E-state index contributed by atoms with van der Waals surface area (Å²) in [6, 6.07) is 0.672. The Morgan fingerprint density at radius 3 is 2.25 bits per heavy atom. The summed E-state index contributed by atoms with van der Waals surface area (Å²) in [6.45, 7) is 12.0. The molecule has 0 aliphatic carbocycles. The van der Waals surface area contributed by atoms with Crippen molar-refractivity contribution < 1.29 is 4.79 Å². The molecule has 0 aromatic heterocycles. The number of Topliss-reactive ketones (excluding diaryl/α,β-unsaturated/α-hetero) is 1. The molecule has 0 radical (unpaired) electrons. The van der Waals surface area contributed by atoms with Gasteiger partial charge in [0.2, 0.25) is 0 Å². The van der Waals surface area contributed by atoms with Crippen molar-refractivity contribution >= 4 is 5.78 Å². The Hall–Kier alpha value is -0.370. The standard InChI is InChI=1S/C14H27NO/c1-6-13(16)12-9-14(7-2,8-3)10-15(12)11(4)5/h11-12H,6-10H2,1-5H3. The molecule has 0 amide bonds. The summed E-state index contributed by atoms with van der Waals surface area (Å²) < 4.78 is 0. The molecule has 1 atom stereocenters. The average molecular weight is 225 g/mol. The van der Waals surface area contributed by atoms with Crippen LogP contribution in [-0.2, 0) is 4.79 Å². The van der Waals surface area contributed by atoms with Gasteiger partial charge in [-0.25, -0.2) is 0 Å². The van der Waals surface area contributed by atoms with E-state index in [1.54, 1.807) is 0 Å². The van der Waals surface area contributed by atoms with Gasteiger partial charge in [0.1, 0.15) is 5.78 Å². The van der Waals surface area contributed by atoms with Gasteiger partial charge in [0.05, 0.1) is 6.04 Å². The topological polar surface area (TPSA) is 20.3 Å². The summed E-state index contributed by atoms with van der Waals surface area (Å²) in [5, 5.41) is 0. The molecule has 0 aromatic carbocycles. The predicted octanol–water partition coefficient (Wildman–Crippen LogP) is 3.25. The quantitative estimate of drug-likeness (QED) is 0.716. The van der Waals surface area contributed by atoms with Crippen LogP contribution in [0.25, 0.3) is 0 Å². The van der Waals surface area contributed by atoms with Gasteiger partial charge >= 0.3 is 0 Å². The molecule has 0 saturated carbocycles. The lowest BCUT2D eigenvalue weighted by molar-refractivity contribution is -0.123. The molecule has 1 unspecified atom stereocenters. The van der Waals surface area contributed by atoms with Gasteiger partial charge in [0, 0.05) is 19.0 Å². The van der Waals surface area contributed by atoms with Gasteiger partial charge < -0.3 is 0 Å². The minimum absolute atomic E-state index is 0.185. The van der Waals surface area contributed by atoms with E-state index in [0.717, 1.165) is 13.0 Å². The van der Waals surface area contributed by atoms with Crippen LogP contribution in [0.5, 0.6) is 0 Å². The van der Waals surface area contributed by atoms with Crippen molar-refractivity contribution in [2.24, 2.45) is 5.41 Å². The molecule has 1 saturated heterocycles. The number of carbonyl (C=O) groups is 1. The number of ketones is 1. The summed E-state index contributed by atoms with van der Waals surface area (Å²) in [6.07, 6.45) is 4.14. The van der Waals surface area contributed by atoms with Crippen molar-refractivity contribution in [3.8, 4) is 0 Å². The molecule has 0 bridgehead atoms. The Bertz CT molecular complexity index is 243. The summed E-state index contributed by atoms with van der Waals surface area (Å²) in [4.78, 5) is 14.4. The largest absolute Gasteiger partial charge is 0.298 e. The molecule has 0 N–H and O–H groups in total. The zero-order valence-corrected chi connectivity index (χ0v) is 11.5. The first-order valence-corrected chi connectivity index (χ1v) is 6.78. The number of carbonyl (C=O) groups excluding carboxylic acids is 1. The maximum Gasteiger partial charge on any atom is 0.149 e. The summed E-state index contributed by atoms with van der Waals surface area (Å²) >= 11 is 0. The molecule has 2 heteroatoms. The number of likely N-dealkylation sites (tertiary alicyclic amines) is 1. The zero-order chi connectivity index (χ0) is 12.3. The lowest BCUT2D eigenvalue weighted by Crippen LogP contribution is -2.40. The third kappa shape index (κ3) is 2.48. The minimum Gasteiger partial charge on any atom is -0.298 e. The summed E-state index contributed by atoms with van der Waals surface area (Å²) in [5.41, 5.74) is 0.389. The van der Waals surface area contributed by atoms with Crippen LogP contribution < -0.4 is 0 Å². The van der Waals surface area contributed by atoms with E-state index in [9.17, 15) is 4.79 Å². The van der Waals surface area contributed by atoms with E-state index in [1.807, 2.05) is 6.92 Å². The second-order valence-corrected chi connectivity index (χ2v) is 5.51. The van der Waals surface area contributed by atoms with E-state index in [4.69, 9.17) is 0 Å². The molecule has 1 heterocycles. The van der Waals surface area contributed by atoms with Crippen LogP contribution in [0.1, 0.15) is 60.3 Å². The van der Waals surface area contributed by atoms with Crippen LogP contribution in [0.3, 0.4) is 0 Å². The summed E-state index contributed by atoms with van der Waals surface area (Å²) in [5.74, 6) is 0.428. The third-order valence-corrected chi connectivity index (χ3v) is 4.43. The first-order valence-electron chi connectivity index (χ1n) is 6.78. The molecular formula is C14H27NO. The number of hydrogen-bond donors (Lipinski definition) is 0. The number of nitrogens with zero attached hydrogens (tertiary/aromatic N) is 1. The van der Waals surface area contributed by atoms with Gasteiger partial charge in [-0.2, -0.15) is 0 Å². The molecule has 1 rings (SSSR count). The lowest BCUT2D eigenvalue weighted by Gasteiger charge is -2.29. The van der Waals surface area contributed by atoms with E-state index >= 15 is 0 Å². The van der Waals surface area contributed by atoms with Crippen molar-refractivity contribution in [2.75, 3.05) is 6.54 Å². The van der Waals surface area contributed by atoms with E-state index < -0.39 is 0 Å². The van der Waals surface area contributed by atoms with Crippen molar-refractivity contribution in [1.29, 1.82) is 0 Å². The number of rotatable bonds is 5. The molecule has 0 spiro atoms. The first-order chi connectivity index (χ1) is 7.49. The Kier molecular flexibility index (Phi) is 4.54. The molecular weight excluding hydrogens is 198 g/mol. The number of hydrogen-bond acceptors (Lipinski definition) is 2. The van der Waals surface area contributed by atoms with E-state index in [-0.39, 0.29) is 6.04 Å². The van der Waals surface area contributed by atoms with Crippen molar-refractivity contribution in [3.63, 3.8) is 0 Å². The maximum absolute atomic E-state index is 12.0. The smallest absolute Gasteiger partial charge is 0.149 e. The monoisotopic (exact) mass is 225 g/mol. The minimum atomic E-state index is 0.185. The van der Waals surface area contributed by atoms with Crippen molar-refractivity contribution in [1.82, 2.24) is 4.90 Å².